The van der Waals surface area contributed by atoms with Gasteiger partial charge in [-0.1, -0.05) is 6.07 Å². The minimum Gasteiger partial charge on any atom is -0.388 e. The van der Waals surface area contributed by atoms with Crippen LogP contribution in [0.1, 0.15) is 23.7 Å². The van der Waals surface area contributed by atoms with E-state index in [2.05, 4.69) is 0 Å². The molecule has 1 unspecified atom stereocenters. The molecule has 0 heterocycles. The van der Waals surface area contributed by atoms with Gasteiger partial charge in [-0.2, -0.15) is 0 Å². The van der Waals surface area contributed by atoms with Gasteiger partial charge in [-0.15, -0.1) is 0 Å². The van der Waals surface area contributed by atoms with E-state index in [4.69, 9.17) is 5.73 Å². The van der Waals surface area contributed by atoms with Crippen LogP contribution in [0.3, 0.4) is 0 Å². The number of hydrogen-bond donors (Lipinski definition) is 2. The summed E-state index contributed by atoms with van der Waals surface area (Å²) in [5.74, 6) is -1.42. The maximum atomic E-state index is 13.4. The number of benzene rings is 1. The van der Waals surface area contributed by atoms with Crippen molar-refractivity contribution < 1.29 is 13.9 Å². The van der Waals surface area contributed by atoms with Crippen molar-refractivity contribution in [3.8, 4) is 0 Å². The molecule has 78 valence electrons. The Morgan fingerprint density at radius 2 is 2.07 bits per heavy atom. The lowest BCUT2D eigenvalue weighted by molar-refractivity contribution is 0.160. The molecule has 0 aliphatic rings. The molecule has 1 aromatic carbocycles. The maximum Gasteiger partial charge on any atom is 0.134 e. The monoisotopic (exact) mass is 201 g/mol. The minimum atomic E-state index is -1.17. The quantitative estimate of drug-likeness (QED) is 0.781. The third-order valence-electron chi connectivity index (χ3n) is 2.09. The number of rotatable bonds is 3. The number of aliphatic hydroxyl groups is 1. The summed E-state index contributed by atoms with van der Waals surface area (Å²) in [5.41, 5.74) is 5.24. The summed E-state index contributed by atoms with van der Waals surface area (Å²) in [5, 5.41) is 9.45. The summed E-state index contributed by atoms with van der Waals surface area (Å²) in [6.45, 7) is 1.71. The van der Waals surface area contributed by atoms with Gasteiger partial charge in [0.25, 0.3) is 0 Å². The van der Waals surface area contributed by atoms with Crippen LogP contribution in [0.4, 0.5) is 8.78 Å². The van der Waals surface area contributed by atoms with Crippen LogP contribution in [-0.4, -0.2) is 11.7 Å². The van der Waals surface area contributed by atoms with Gasteiger partial charge in [-0.3, -0.25) is 0 Å². The van der Waals surface area contributed by atoms with Crippen LogP contribution < -0.4 is 5.73 Å². The first-order valence-corrected chi connectivity index (χ1v) is 4.40. The van der Waals surface area contributed by atoms with Crippen LogP contribution >= 0.6 is 0 Å². The summed E-state index contributed by atoms with van der Waals surface area (Å²) in [7, 11) is 0. The molecule has 3 N–H and O–H groups in total. The smallest absolute Gasteiger partial charge is 0.134 e. The molecule has 0 saturated heterocycles. The molecular weight excluding hydrogens is 188 g/mol. The normalized spacial score (nSPS) is 12.9. The predicted molar refractivity (Wildman–Crippen MR) is 49.7 cm³/mol. The van der Waals surface area contributed by atoms with E-state index in [1.807, 2.05) is 0 Å². The highest BCUT2D eigenvalue weighted by Crippen LogP contribution is 2.24. The van der Waals surface area contributed by atoms with Gasteiger partial charge in [0.15, 0.2) is 0 Å². The zero-order chi connectivity index (χ0) is 10.7. The highest BCUT2D eigenvalue weighted by atomic mass is 19.1. The lowest BCUT2D eigenvalue weighted by atomic mass is 10.0. The Bertz CT molecular complexity index is 328. The molecule has 0 fully saturated rings. The third-order valence-corrected chi connectivity index (χ3v) is 2.09. The topological polar surface area (TPSA) is 46.2 Å². The van der Waals surface area contributed by atoms with Crippen LogP contribution in [0.5, 0.6) is 0 Å². The Kier molecular flexibility index (Phi) is 3.55. The Morgan fingerprint density at radius 3 is 2.64 bits per heavy atom. The fourth-order valence-electron chi connectivity index (χ4n) is 1.29. The molecule has 0 amide bonds. The Hall–Kier alpha value is -1.00. The second-order valence-corrected chi connectivity index (χ2v) is 3.19. The average molecular weight is 201 g/mol. The van der Waals surface area contributed by atoms with Crippen LogP contribution in [0.15, 0.2) is 12.1 Å². The van der Waals surface area contributed by atoms with Crippen molar-refractivity contribution in [2.75, 3.05) is 6.54 Å². The first kappa shape index (κ1) is 11.1. The molecule has 0 radical (unpaired) electrons. The lowest BCUT2D eigenvalue weighted by Gasteiger charge is -2.12. The molecule has 0 spiro atoms. The van der Waals surface area contributed by atoms with Gasteiger partial charge in [0.05, 0.1) is 11.7 Å². The summed E-state index contributed by atoms with van der Waals surface area (Å²) in [4.78, 5) is 0. The summed E-state index contributed by atoms with van der Waals surface area (Å²) < 4.78 is 26.6. The van der Waals surface area contributed by atoms with Gasteiger partial charge in [0, 0.05) is 0 Å². The molecule has 2 nitrogen and oxygen atoms in total. The van der Waals surface area contributed by atoms with E-state index in [0.717, 1.165) is 6.07 Å². The van der Waals surface area contributed by atoms with Crippen LogP contribution in [0.2, 0.25) is 0 Å². The Morgan fingerprint density at radius 1 is 1.43 bits per heavy atom. The first-order valence-electron chi connectivity index (χ1n) is 4.40. The van der Waals surface area contributed by atoms with Crippen molar-refractivity contribution in [1.29, 1.82) is 0 Å². The highest BCUT2D eigenvalue weighted by molar-refractivity contribution is 5.28. The van der Waals surface area contributed by atoms with E-state index < -0.39 is 17.7 Å². The predicted octanol–water partition coefficient (Wildman–Crippen LogP) is 1.66. The van der Waals surface area contributed by atoms with Crippen LogP contribution in [0.25, 0.3) is 0 Å². The summed E-state index contributed by atoms with van der Waals surface area (Å²) in [6, 6.07) is 2.48. The molecule has 1 atom stereocenters. The molecule has 0 saturated carbocycles. The molecule has 0 aromatic heterocycles. The van der Waals surface area contributed by atoms with Gasteiger partial charge in [0.2, 0.25) is 0 Å². The fourth-order valence-corrected chi connectivity index (χ4v) is 1.29. The molecule has 14 heavy (non-hydrogen) atoms. The van der Waals surface area contributed by atoms with Gasteiger partial charge in [-0.25, -0.2) is 8.78 Å². The molecule has 0 aliphatic carbocycles. The summed E-state index contributed by atoms with van der Waals surface area (Å²) >= 11 is 0. The van der Waals surface area contributed by atoms with Crippen molar-refractivity contribution in [2.24, 2.45) is 5.73 Å². The number of aryl methyl sites for hydroxylation is 1. The average Bonchev–Trinajstić information content (AvgIpc) is 2.13. The van der Waals surface area contributed by atoms with Crippen molar-refractivity contribution in [3.05, 3.63) is 34.9 Å². The SMILES string of the molecule is Cc1ccc(F)c(C(O)CCN)c1F. The number of hydrogen-bond acceptors (Lipinski definition) is 2. The highest BCUT2D eigenvalue weighted by Gasteiger charge is 2.18. The van der Waals surface area contributed by atoms with Crippen molar-refractivity contribution in [2.45, 2.75) is 19.4 Å². The second-order valence-electron chi connectivity index (χ2n) is 3.19. The second kappa shape index (κ2) is 4.48. The number of halogens is 2. The van der Waals surface area contributed by atoms with Crippen molar-refractivity contribution >= 4 is 0 Å². The molecule has 0 bridgehead atoms. The van der Waals surface area contributed by atoms with Crippen LogP contribution in [0, 0.1) is 18.6 Å². The standard InChI is InChI=1S/C10H13F2NO/c1-6-2-3-7(11)9(10(6)12)8(14)4-5-13/h2-3,8,14H,4-5,13H2,1H3. The zero-order valence-electron chi connectivity index (χ0n) is 7.93. The van der Waals surface area contributed by atoms with Crippen LogP contribution in [-0.2, 0) is 0 Å². The molecule has 0 aliphatic heterocycles. The van der Waals surface area contributed by atoms with Gasteiger partial charge >= 0.3 is 0 Å². The van der Waals surface area contributed by atoms with Gasteiger partial charge < -0.3 is 10.8 Å². The Balaban J connectivity index is 3.11. The Labute approximate surface area is 81.4 Å². The zero-order valence-corrected chi connectivity index (χ0v) is 7.93. The van der Waals surface area contributed by atoms with Gasteiger partial charge in [0.1, 0.15) is 11.6 Å². The van der Waals surface area contributed by atoms with Crippen molar-refractivity contribution in [3.63, 3.8) is 0 Å². The molecular formula is C10H13F2NO. The third kappa shape index (κ3) is 2.08. The van der Waals surface area contributed by atoms with E-state index >= 15 is 0 Å². The number of aliphatic hydroxyl groups excluding tert-OH is 1. The van der Waals surface area contributed by atoms with E-state index in [0.29, 0.717) is 5.56 Å². The van der Waals surface area contributed by atoms with E-state index in [1.54, 1.807) is 0 Å². The van der Waals surface area contributed by atoms with Gasteiger partial charge in [-0.05, 0) is 31.5 Å². The summed E-state index contributed by atoms with van der Waals surface area (Å²) in [6.07, 6.45) is -1.02. The minimum absolute atomic E-state index is 0.150. The number of nitrogens with two attached hydrogens (primary N) is 1. The largest absolute Gasteiger partial charge is 0.388 e. The fraction of sp³-hybridized carbons (Fsp3) is 0.400. The lowest BCUT2D eigenvalue weighted by Crippen LogP contribution is -2.10. The first-order chi connectivity index (χ1) is 6.57. The van der Waals surface area contributed by atoms with E-state index in [-0.39, 0.29) is 18.5 Å². The molecule has 1 aromatic rings. The van der Waals surface area contributed by atoms with Crippen molar-refractivity contribution in [1.82, 2.24) is 0 Å². The van der Waals surface area contributed by atoms with E-state index in [1.165, 1.54) is 13.0 Å². The maximum absolute atomic E-state index is 13.4. The van der Waals surface area contributed by atoms with E-state index in [9.17, 15) is 13.9 Å². The molecule has 1 rings (SSSR count). The molecule has 4 heteroatoms.